The molecule has 49 heavy (non-hydrogen) atoms. The average Bonchev–Trinajstić information content (AvgIpc) is 3.04. The first-order valence-electron chi connectivity index (χ1n) is 15.5. The topological polar surface area (TPSA) is 314 Å². The third-order valence-corrected chi connectivity index (χ3v) is 7.66. The Labute approximate surface area is 282 Å². The molecule has 3 amide bonds. The number of hydrogen-bond donors (Lipinski definition) is 10. The van der Waals surface area contributed by atoms with Crippen LogP contribution in [-0.2, 0) is 28.8 Å². The van der Waals surface area contributed by atoms with E-state index in [1.165, 1.54) is 0 Å². The van der Waals surface area contributed by atoms with E-state index in [2.05, 4.69) is 22.3 Å². The standard InChI is InChI=1S/C28H49N7O14/c1-29-28(49)18(2-3-21(39)30-12-19(37)26(47)27(48)20(38)17-36)31-22(40)13-32-4-6-33(14-23(41)42)8-10-35(16-25(45)46)11-9-34(7-5-32)15-24(43)44/h18-20,26-27,36-38,47-48H,1-17H2,(H,30,39)(H,31,40)(H,41,42)(H,43,44)(H,45,46)/t18-,19+,20-,26-,27-/m1/s1. The second kappa shape index (κ2) is 22.9. The fourth-order valence-corrected chi connectivity index (χ4v) is 4.86. The van der Waals surface area contributed by atoms with Gasteiger partial charge >= 0.3 is 17.9 Å². The van der Waals surface area contributed by atoms with Gasteiger partial charge in [-0.05, 0) is 13.1 Å². The van der Waals surface area contributed by atoms with Gasteiger partial charge in [-0.3, -0.25) is 48.4 Å². The number of nitrogens with one attached hydrogen (secondary N) is 2. The summed E-state index contributed by atoms with van der Waals surface area (Å²) in [5.74, 6) is -5.53. The molecule has 1 heterocycles. The van der Waals surface area contributed by atoms with Crippen LogP contribution in [0.25, 0.3) is 0 Å². The van der Waals surface area contributed by atoms with Crippen LogP contribution >= 0.6 is 0 Å². The molecule has 1 aliphatic heterocycles. The third kappa shape index (κ3) is 18.1. The van der Waals surface area contributed by atoms with E-state index in [0.717, 1.165) is 0 Å². The summed E-state index contributed by atoms with van der Waals surface area (Å²) in [4.78, 5) is 81.9. The lowest BCUT2D eigenvalue weighted by Crippen LogP contribution is -2.51. The maximum atomic E-state index is 13.1. The molecule has 5 atom stereocenters. The highest BCUT2D eigenvalue weighted by Crippen LogP contribution is 2.06. The number of carboxylic acids is 3. The van der Waals surface area contributed by atoms with Gasteiger partial charge < -0.3 is 51.5 Å². The van der Waals surface area contributed by atoms with Crippen molar-refractivity contribution in [2.45, 2.75) is 43.3 Å². The van der Waals surface area contributed by atoms with Gasteiger partial charge in [-0.15, -0.1) is 0 Å². The van der Waals surface area contributed by atoms with Crippen LogP contribution in [-0.4, -0.2) is 225 Å². The Balaban J connectivity index is 2.92. The first kappa shape index (κ1) is 43.4. The Morgan fingerprint density at radius 3 is 1.39 bits per heavy atom. The van der Waals surface area contributed by atoms with E-state index in [4.69, 9.17) is 5.11 Å². The van der Waals surface area contributed by atoms with Gasteiger partial charge in [0.15, 0.2) is 0 Å². The van der Waals surface area contributed by atoms with E-state index in [1.807, 2.05) is 0 Å². The zero-order chi connectivity index (χ0) is 37.1. The van der Waals surface area contributed by atoms with Crippen molar-refractivity contribution >= 4 is 42.3 Å². The van der Waals surface area contributed by atoms with Crippen LogP contribution in [0.4, 0.5) is 0 Å². The molecular weight excluding hydrogens is 658 g/mol. The van der Waals surface area contributed by atoms with E-state index in [1.54, 1.807) is 19.6 Å². The Morgan fingerprint density at radius 2 is 1.02 bits per heavy atom. The number of aliphatic carboxylic acids is 3. The van der Waals surface area contributed by atoms with Gasteiger partial charge in [-0.25, -0.2) is 4.99 Å². The van der Waals surface area contributed by atoms with E-state index < -0.39 is 79.2 Å². The number of carboxylic acid groups (broad SMARTS) is 3. The second-order valence-corrected chi connectivity index (χ2v) is 11.5. The van der Waals surface area contributed by atoms with Crippen LogP contribution in [0.2, 0.25) is 0 Å². The van der Waals surface area contributed by atoms with Crippen LogP contribution in [0.15, 0.2) is 4.99 Å². The van der Waals surface area contributed by atoms with Gasteiger partial charge in [0.25, 0.3) is 5.91 Å². The average molecular weight is 708 g/mol. The summed E-state index contributed by atoms with van der Waals surface area (Å²) >= 11 is 0. The molecule has 0 aromatic carbocycles. The molecule has 0 aromatic heterocycles. The predicted octanol–water partition coefficient (Wildman–Crippen LogP) is -6.49. The zero-order valence-corrected chi connectivity index (χ0v) is 27.2. The molecule has 0 aliphatic carbocycles. The highest BCUT2D eigenvalue weighted by atomic mass is 16.4. The van der Waals surface area contributed by atoms with E-state index in [0.29, 0.717) is 0 Å². The Morgan fingerprint density at radius 1 is 0.633 bits per heavy atom. The number of carbonyl (C=O) groups is 6. The molecule has 0 bridgehead atoms. The van der Waals surface area contributed by atoms with Crippen molar-refractivity contribution < 1.29 is 69.6 Å². The molecule has 280 valence electrons. The van der Waals surface area contributed by atoms with Gasteiger partial charge in [0.05, 0.1) is 38.9 Å². The largest absolute Gasteiger partial charge is 0.480 e. The maximum Gasteiger partial charge on any atom is 0.317 e. The van der Waals surface area contributed by atoms with Gasteiger partial charge in [0.1, 0.15) is 24.4 Å². The van der Waals surface area contributed by atoms with E-state index >= 15 is 0 Å². The smallest absolute Gasteiger partial charge is 0.317 e. The van der Waals surface area contributed by atoms with E-state index in [-0.39, 0.29) is 91.4 Å². The highest BCUT2D eigenvalue weighted by Gasteiger charge is 2.30. The molecule has 1 aliphatic rings. The van der Waals surface area contributed by atoms with Gasteiger partial charge in [0, 0.05) is 65.3 Å². The molecule has 21 nitrogen and oxygen atoms in total. The molecule has 0 aromatic rings. The van der Waals surface area contributed by atoms with Gasteiger partial charge in [-0.2, -0.15) is 0 Å². The number of hydrogen-bond acceptors (Lipinski definition) is 15. The Hall–Kier alpha value is -3.67. The predicted molar refractivity (Wildman–Crippen MR) is 169 cm³/mol. The lowest BCUT2D eigenvalue weighted by molar-refractivity contribution is -0.140. The van der Waals surface area contributed by atoms with Crippen molar-refractivity contribution in [3.05, 3.63) is 0 Å². The number of aliphatic hydroxyl groups excluding tert-OH is 5. The minimum Gasteiger partial charge on any atom is -0.480 e. The summed E-state index contributed by atoms with van der Waals surface area (Å²) in [6.07, 6.45) is -7.83. The normalized spacial score (nSPS) is 19.2. The Kier molecular flexibility index (Phi) is 20.2. The van der Waals surface area contributed by atoms with E-state index in [9.17, 15) is 64.5 Å². The fourth-order valence-electron chi connectivity index (χ4n) is 4.86. The van der Waals surface area contributed by atoms with Crippen molar-refractivity contribution in [2.75, 3.05) is 91.7 Å². The van der Waals surface area contributed by atoms with Crippen molar-refractivity contribution in [3.8, 4) is 0 Å². The fraction of sp³-hybridized carbons (Fsp3) is 0.750. The molecule has 0 radical (unpaired) electrons. The summed E-state index contributed by atoms with van der Waals surface area (Å²) < 4.78 is 0. The van der Waals surface area contributed by atoms with Gasteiger partial charge in [-0.1, -0.05) is 0 Å². The van der Waals surface area contributed by atoms with Gasteiger partial charge in [0.2, 0.25) is 11.8 Å². The number of aliphatic imine (C=N–C) groups is 1. The molecule has 0 saturated carbocycles. The van der Waals surface area contributed by atoms with Crippen LogP contribution in [0.5, 0.6) is 0 Å². The van der Waals surface area contributed by atoms with Crippen LogP contribution in [0, 0.1) is 0 Å². The lowest BCUT2D eigenvalue weighted by atomic mass is 10.0. The molecule has 1 fully saturated rings. The molecule has 10 N–H and O–H groups in total. The van der Waals surface area contributed by atoms with Crippen molar-refractivity contribution in [3.63, 3.8) is 0 Å². The zero-order valence-electron chi connectivity index (χ0n) is 27.2. The summed E-state index contributed by atoms with van der Waals surface area (Å²) in [5.41, 5.74) is 0. The number of aliphatic hydroxyl groups is 5. The number of amides is 3. The number of rotatable bonds is 19. The van der Waals surface area contributed by atoms with Crippen LogP contribution < -0.4 is 10.6 Å². The van der Waals surface area contributed by atoms with Crippen molar-refractivity contribution in [1.29, 1.82) is 0 Å². The summed E-state index contributed by atoms with van der Waals surface area (Å²) in [6, 6.07) is -1.28. The van der Waals surface area contributed by atoms with Crippen LogP contribution in [0.1, 0.15) is 12.8 Å². The van der Waals surface area contributed by atoms with Crippen molar-refractivity contribution in [1.82, 2.24) is 30.2 Å². The monoisotopic (exact) mass is 707 g/mol. The molecule has 0 spiro atoms. The summed E-state index contributed by atoms with van der Waals surface area (Å²) in [5, 5.41) is 80.6. The molecule has 1 rings (SSSR count). The minimum atomic E-state index is -1.90. The minimum absolute atomic E-state index is 0.152. The quantitative estimate of drug-likeness (QED) is 0.0558. The number of nitrogens with zero attached hydrogens (tertiary/aromatic N) is 5. The summed E-state index contributed by atoms with van der Waals surface area (Å²) in [7, 11) is 0. The maximum absolute atomic E-state index is 13.1. The SMILES string of the molecule is C=NC(=O)[C@@H](CCC(=O)NC[C@H](O)[C@@H](O)[C@H](O)[C@H](O)CO)NC(=O)CN1CCN(CC(=O)O)CCN(CC(=O)O)CCN(CC(=O)O)CC1. The molecule has 1 saturated heterocycles. The van der Waals surface area contributed by atoms with Crippen LogP contribution in [0.3, 0.4) is 0 Å². The first-order chi connectivity index (χ1) is 23.1. The molecular formula is C28H49N7O14. The third-order valence-electron chi connectivity index (χ3n) is 7.66. The lowest BCUT2D eigenvalue weighted by Gasteiger charge is -2.33. The highest BCUT2D eigenvalue weighted by molar-refractivity contribution is 5.91. The van der Waals surface area contributed by atoms with Crippen molar-refractivity contribution in [2.24, 2.45) is 4.99 Å². The summed E-state index contributed by atoms with van der Waals surface area (Å²) in [6.45, 7) is 1.80. The molecule has 0 unspecified atom stereocenters. The second-order valence-electron chi connectivity index (χ2n) is 11.5. The Bertz CT molecular complexity index is 1080. The number of carbonyl (C=O) groups excluding carboxylic acids is 3. The first-order valence-corrected chi connectivity index (χ1v) is 15.5. The molecule has 21 heteroatoms.